The highest BCUT2D eigenvalue weighted by Gasteiger charge is 2.03. The molecule has 2 rings (SSSR count). The molecule has 0 aliphatic rings. The Morgan fingerprint density at radius 3 is 2.38 bits per heavy atom. The maximum atomic E-state index is 13.0. The minimum absolute atomic E-state index is 0.220. The highest BCUT2D eigenvalue weighted by Crippen LogP contribution is 2.25. The maximum Gasteiger partial charge on any atom is 0.148 e. The molecule has 1 aromatic carbocycles. The van der Waals surface area contributed by atoms with E-state index in [2.05, 4.69) is 20.9 Å². The van der Waals surface area contributed by atoms with Gasteiger partial charge in [0.15, 0.2) is 0 Å². The lowest BCUT2D eigenvalue weighted by Gasteiger charge is -2.05. The summed E-state index contributed by atoms with van der Waals surface area (Å²) in [5, 5.41) is 0. The van der Waals surface area contributed by atoms with E-state index in [4.69, 9.17) is 4.74 Å². The summed E-state index contributed by atoms with van der Waals surface area (Å²) in [4.78, 5) is 3.62. The van der Waals surface area contributed by atoms with E-state index in [-0.39, 0.29) is 11.5 Å². The predicted octanol–water partition coefficient (Wildman–Crippen LogP) is 3.91. The fourth-order valence-electron chi connectivity index (χ4n) is 1.17. The molecule has 0 fully saturated rings. The van der Waals surface area contributed by atoms with Crippen LogP contribution in [0.1, 0.15) is 0 Å². The molecule has 0 radical (unpaired) electrons. The normalized spacial score (nSPS) is 10.2. The standard InChI is InChI=1S/C11H6BrF2NO/c12-7-1-8(13)3-10(2-7)16-11-4-9(14)5-15-6-11/h1-6H. The first-order valence-corrected chi connectivity index (χ1v) is 5.17. The van der Waals surface area contributed by atoms with Crippen molar-refractivity contribution in [1.29, 1.82) is 0 Å². The van der Waals surface area contributed by atoms with Crippen LogP contribution in [0.5, 0.6) is 11.5 Å². The Kier molecular flexibility index (Phi) is 3.14. The van der Waals surface area contributed by atoms with Crippen LogP contribution in [-0.4, -0.2) is 4.98 Å². The molecule has 0 atom stereocenters. The molecular weight excluding hydrogens is 280 g/mol. The zero-order chi connectivity index (χ0) is 11.5. The number of pyridine rings is 1. The van der Waals surface area contributed by atoms with Crippen LogP contribution in [0.25, 0.3) is 0 Å². The molecule has 0 N–H and O–H groups in total. The van der Waals surface area contributed by atoms with Crippen molar-refractivity contribution in [3.8, 4) is 11.5 Å². The number of ether oxygens (including phenoxy) is 1. The Balaban J connectivity index is 2.27. The molecule has 5 heteroatoms. The van der Waals surface area contributed by atoms with Gasteiger partial charge in [0, 0.05) is 16.6 Å². The van der Waals surface area contributed by atoms with Crippen molar-refractivity contribution in [2.24, 2.45) is 0 Å². The highest BCUT2D eigenvalue weighted by molar-refractivity contribution is 9.10. The largest absolute Gasteiger partial charge is 0.455 e. The van der Waals surface area contributed by atoms with Crippen LogP contribution >= 0.6 is 15.9 Å². The van der Waals surface area contributed by atoms with Crippen LogP contribution in [0.15, 0.2) is 41.1 Å². The van der Waals surface area contributed by atoms with Gasteiger partial charge in [-0.1, -0.05) is 15.9 Å². The lowest BCUT2D eigenvalue weighted by atomic mass is 10.3. The minimum Gasteiger partial charge on any atom is -0.455 e. The van der Waals surface area contributed by atoms with Crippen molar-refractivity contribution in [1.82, 2.24) is 4.98 Å². The van der Waals surface area contributed by atoms with E-state index in [1.165, 1.54) is 24.4 Å². The summed E-state index contributed by atoms with van der Waals surface area (Å²) in [6.45, 7) is 0. The van der Waals surface area contributed by atoms with E-state index in [1.54, 1.807) is 6.07 Å². The molecule has 2 aromatic rings. The van der Waals surface area contributed by atoms with E-state index < -0.39 is 11.6 Å². The number of halogens is 3. The molecule has 0 aliphatic carbocycles. The molecular formula is C11H6BrF2NO. The second-order valence-electron chi connectivity index (χ2n) is 3.05. The summed E-state index contributed by atoms with van der Waals surface area (Å²) in [6, 6.07) is 5.26. The fourth-order valence-corrected chi connectivity index (χ4v) is 1.62. The van der Waals surface area contributed by atoms with Crippen LogP contribution in [0, 0.1) is 11.6 Å². The smallest absolute Gasteiger partial charge is 0.148 e. The second kappa shape index (κ2) is 4.57. The van der Waals surface area contributed by atoms with Gasteiger partial charge in [-0.15, -0.1) is 0 Å². The first kappa shape index (κ1) is 11.0. The molecule has 1 aromatic heterocycles. The Bertz CT molecular complexity index is 499. The molecule has 0 spiro atoms. The number of aromatic nitrogens is 1. The van der Waals surface area contributed by atoms with Crippen LogP contribution in [0.4, 0.5) is 8.78 Å². The molecule has 1 heterocycles. The van der Waals surface area contributed by atoms with Gasteiger partial charge in [-0.2, -0.15) is 0 Å². The lowest BCUT2D eigenvalue weighted by Crippen LogP contribution is -1.88. The van der Waals surface area contributed by atoms with Gasteiger partial charge in [-0.05, 0) is 12.1 Å². The summed E-state index contributed by atoms with van der Waals surface area (Å²) in [5.74, 6) is -0.446. The third kappa shape index (κ3) is 2.76. The molecule has 2 nitrogen and oxygen atoms in total. The van der Waals surface area contributed by atoms with Crippen molar-refractivity contribution in [3.63, 3.8) is 0 Å². The molecule has 16 heavy (non-hydrogen) atoms. The summed E-state index contributed by atoms with van der Waals surface area (Å²) in [7, 11) is 0. The van der Waals surface area contributed by atoms with Gasteiger partial charge < -0.3 is 4.74 Å². The first-order valence-electron chi connectivity index (χ1n) is 4.38. The van der Waals surface area contributed by atoms with Gasteiger partial charge >= 0.3 is 0 Å². The van der Waals surface area contributed by atoms with Gasteiger partial charge in [-0.3, -0.25) is 4.98 Å². The van der Waals surface area contributed by atoms with Gasteiger partial charge in [0.2, 0.25) is 0 Å². The number of rotatable bonds is 2. The number of hydrogen-bond acceptors (Lipinski definition) is 2. The lowest BCUT2D eigenvalue weighted by molar-refractivity contribution is 0.467. The summed E-state index contributed by atoms with van der Waals surface area (Å²) >= 11 is 3.13. The van der Waals surface area contributed by atoms with Gasteiger partial charge in [0.1, 0.15) is 23.1 Å². The SMILES string of the molecule is Fc1cncc(Oc2cc(F)cc(Br)c2)c1. The van der Waals surface area contributed by atoms with Crippen molar-refractivity contribution in [2.45, 2.75) is 0 Å². The molecule has 82 valence electrons. The van der Waals surface area contributed by atoms with E-state index >= 15 is 0 Å². The van der Waals surface area contributed by atoms with Crippen LogP contribution < -0.4 is 4.74 Å². The predicted molar refractivity (Wildman–Crippen MR) is 58.4 cm³/mol. The first-order chi connectivity index (χ1) is 7.63. The number of benzene rings is 1. The van der Waals surface area contributed by atoms with Crippen molar-refractivity contribution < 1.29 is 13.5 Å². The minimum atomic E-state index is -0.507. The molecule has 0 aliphatic heterocycles. The highest BCUT2D eigenvalue weighted by atomic mass is 79.9. The van der Waals surface area contributed by atoms with Crippen LogP contribution in [0.3, 0.4) is 0 Å². The molecule has 0 saturated carbocycles. The fraction of sp³-hybridized carbons (Fsp3) is 0. The Labute approximate surface area is 99.0 Å². The Hall–Kier alpha value is -1.49. The number of nitrogens with zero attached hydrogens (tertiary/aromatic N) is 1. The topological polar surface area (TPSA) is 22.1 Å². The monoisotopic (exact) mass is 285 g/mol. The molecule has 0 amide bonds. The quantitative estimate of drug-likeness (QED) is 0.835. The van der Waals surface area contributed by atoms with E-state index in [0.29, 0.717) is 4.47 Å². The molecule has 0 bridgehead atoms. The van der Waals surface area contributed by atoms with Crippen molar-refractivity contribution >= 4 is 15.9 Å². The summed E-state index contributed by atoms with van der Waals surface area (Å²) in [6.07, 6.45) is 2.41. The van der Waals surface area contributed by atoms with Crippen LogP contribution in [-0.2, 0) is 0 Å². The van der Waals surface area contributed by atoms with E-state index in [1.807, 2.05) is 0 Å². The molecule has 0 saturated heterocycles. The average molecular weight is 286 g/mol. The Morgan fingerprint density at radius 2 is 1.69 bits per heavy atom. The van der Waals surface area contributed by atoms with E-state index in [0.717, 1.165) is 6.20 Å². The van der Waals surface area contributed by atoms with Gasteiger partial charge in [-0.25, -0.2) is 8.78 Å². The van der Waals surface area contributed by atoms with Gasteiger partial charge in [0.25, 0.3) is 0 Å². The van der Waals surface area contributed by atoms with E-state index in [9.17, 15) is 8.78 Å². The summed E-state index contributed by atoms with van der Waals surface area (Å²) in [5.41, 5.74) is 0. The summed E-state index contributed by atoms with van der Waals surface area (Å²) < 4.78 is 31.6. The molecule has 0 unspecified atom stereocenters. The second-order valence-corrected chi connectivity index (χ2v) is 3.96. The number of hydrogen-bond donors (Lipinski definition) is 0. The van der Waals surface area contributed by atoms with Gasteiger partial charge in [0.05, 0.1) is 12.4 Å². The van der Waals surface area contributed by atoms with Crippen molar-refractivity contribution in [2.75, 3.05) is 0 Å². The maximum absolute atomic E-state index is 13.0. The third-order valence-corrected chi connectivity index (χ3v) is 2.21. The average Bonchev–Trinajstić information content (AvgIpc) is 2.15. The Morgan fingerprint density at radius 1 is 0.938 bits per heavy atom. The zero-order valence-corrected chi connectivity index (χ0v) is 9.54. The zero-order valence-electron chi connectivity index (χ0n) is 7.95. The van der Waals surface area contributed by atoms with Crippen molar-refractivity contribution in [3.05, 3.63) is 52.8 Å². The third-order valence-electron chi connectivity index (χ3n) is 1.75. The van der Waals surface area contributed by atoms with Crippen LogP contribution in [0.2, 0.25) is 0 Å².